The number of nitrogens with zero attached hydrogens (tertiary/aromatic N) is 2. The summed E-state index contributed by atoms with van der Waals surface area (Å²) in [4.78, 5) is 11.9. The average Bonchev–Trinajstić information content (AvgIpc) is 2.72. The highest BCUT2D eigenvalue weighted by Crippen LogP contribution is 2.20. The predicted molar refractivity (Wildman–Crippen MR) is 72.0 cm³/mol. The molecule has 2 aromatic heterocycles. The number of benzene rings is 1. The predicted octanol–water partition coefficient (Wildman–Crippen LogP) is 3.23. The lowest BCUT2D eigenvalue weighted by atomic mass is 10.2. The second-order valence-corrected chi connectivity index (χ2v) is 4.72. The Morgan fingerprint density at radius 3 is 2.88 bits per heavy atom. The van der Waals surface area contributed by atoms with Gasteiger partial charge < -0.3 is 4.98 Å². The molecule has 1 N–H and O–H groups in total. The van der Waals surface area contributed by atoms with Gasteiger partial charge in [0, 0.05) is 15.3 Å². The summed E-state index contributed by atoms with van der Waals surface area (Å²) in [5.74, 6) is 0.868. The van der Waals surface area contributed by atoms with Crippen molar-refractivity contribution in [1.82, 2.24) is 15.0 Å². The fraction of sp³-hybridized carbons (Fsp3) is 0. The molecule has 0 aliphatic carbocycles. The topological polar surface area (TPSA) is 41.6 Å². The molecule has 0 aliphatic rings. The smallest absolute Gasteiger partial charge is 0.178 e. The zero-order valence-corrected chi connectivity index (χ0v) is 10.5. The molecule has 0 unspecified atom stereocenters. The lowest BCUT2D eigenvalue weighted by Crippen LogP contribution is -1.80. The minimum Gasteiger partial charge on any atom is -0.337 e. The molecule has 1 aromatic carbocycles. The first-order chi connectivity index (χ1) is 7.83. The highest BCUT2D eigenvalue weighted by atomic mass is 127. The number of rotatable bonds is 1. The number of nitrogens with one attached hydrogen (secondary N) is 1. The van der Waals surface area contributed by atoms with Crippen LogP contribution in [0.25, 0.3) is 22.6 Å². The number of H-pyrrole nitrogens is 1. The molecule has 0 spiro atoms. The van der Waals surface area contributed by atoms with E-state index in [9.17, 15) is 0 Å². The van der Waals surface area contributed by atoms with E-state index in [0.29, 0.717) is 0 Å². The fourth-order valence-corrected chi connectivity index (χ4v) is 2.16. The summed E-state index contributed by atoms with van der Waals surface area (Å²) in [6.45, 7) is 0. The number of pyridine rings is 1. The van der Waals surface area contributed by atoms with Crippen LogP contribution in [0.15, 0.2) is 42.6 Å². The molecular formula is C12H8IN3. The minimum absolute atomic E-state index is 0.761. The molecule has 3 aromatic rings. The number of aromatic amines is 1. The molecule has 0 saturated heterocycles. The second kappa shape index (κ2) is 3.86. The molecule has 16 heavy (non-hydrogen) atoms. The van der Waals surface area contributed by atoms with E-state index in [4.69, 9.17) is 0 Å². The summed E-state index contributed by atoms with van der Waals surface area (Å²) in [5.41, 5.74) is 2.82. The third kappa shape index (κ3) is 1.69. The van der Waals surface area contributed by atoms with Crippen LogP contribution < -0.4 is 0 Å². The van der Waals surface area contributed by atoms with Gasteiger partial charge >= 0.3 is 0 Å². The maximum atomic E-state index is 4.45. The van der Waals surface area contributed by atoms with Gasteiger partial charge in [-0.3, -0.25) is 0 Å². The summed E-state index contributed by atoms with van der Waals surface area (Å²) < 4.78 is 1.20. The lowest BCUT2D eigenvalue weighted by Gasteiger charge is -1.96. The van der Waals surface area contributed by atoms with Gasteiger partial charge in [-0.25, -0.2) is 9.97 Å². The second-order valence-electron chi connectivity index (χ2n) is 3.47. The van der Waals surface area contributed by atoms with Crippen molar-refractivity contribution in [2.45, 2.75) is 0 Å². The molecule has 78 valence electrons. The molecule has 3 nitrogen and oxygen atoms in total. The van der Waals surface area contributed by atoms with Crippen molar-refractivity contribution >= 4 is 33.8 Å². The lowest BCUT2D eigenvalue weighted by molar-refractivity contribution is 1.30. The molecule has 4 heteroatoms. The molecule has 0 aliphatic heterocycles. The summed E-state index contributed by atoms with van der Waals surface area (Å²) in [7, 11) is 0. The van der Waals surface area contributed by atoms with Crippen molar-refractivity contribution in [3.05, 3.63) is 46.2 Å². The quantitative estimate of drug-likeness (QED) is 0.699. The first-order valence-corrected chi connectivity index (χ1v) is 5.97. The van der Waals surface area contributed by atoms with Crippen molar-refractivity contribution in [1.29, 1.82) is 0 Å². The maximum Gasteiger partial charge on any atom is 0.178 e. The Morgan fingerprint density at radius 2 is 2.06 bits per heavy atom. The SMILES string of the molecule is Ic1cccc(-c2nc3ncccc3[nH]2)c1. The van der Waals surface area contributed by atoms with Gasteiger partial charge in [-0.05, 0) is 46.9 Å². The number of hydrogen-bond donors (Lipinski definition) is 1. The number of aromatic nitrogens is 3. The molecule has 0 fully saturated rings. The fourth-order valence-electron chi connectivity index (χ4n) is 1.62. The third-order valence-electron chi connectivity index (χ3n) is 2.36. The Hall–Kier alpha value is -1.43. The van der Waals surface area contributed by atoms with Crippen LogP contribution in [0.3, 0.4) is 0 Å². The Morgan fingerprint density at radius 1 is 1.12 bits per heavy atom. The molecular weight excluding hydrogens is 313 g/mol. The van der Waals surface area contributed by atoms with Gasteiger partial charge in [-0.2, -0.15) is 0 Å². The van der Waals surface area contributed by atoms with Gasteiger partial charge in [0.15, 0.2) is 5.65 Å². The molecule has 0 saturated carbocycles. The maximum absolute atomic E-state index is 4.45. The summed E-state index contributed by atoms with van der Waals surface area (Å²) in [6.07, 6.45) is 1.75. The van der Waals surface area contributed by atoms with E-state index >= 15 is 0 Å². The van der Waals surface area contributed by atoms with Crippen LogP contribution in [0.2, 0.25) is 0 Å². The van der Waals surface area contributed by atoms with Crippen molar-refractivity contribution in [3.8, 4) is 11.4 Å². The molecule has 0 amide bonds. The highest BCUT2D eigenvalue weighted by molar-refractivity contribution is 14.1. The molecule has 3 rings (SSSR count). The monoisotopic (exact) mass is 321 g/mol. The van der Waals surface area contributed by atoms with E-state index in [1.165, 1.54) is 3.57 Å². The van der Waals surface area contributed by atoms with Crippen LogP contribution in [0.1, 0.15) is 0 Å². The van der Waals surface area contributed by atoms with E-state index in [0.717, 1.165) is 22.6 Å². The summed E-state index contributed by atoms with van der Waals surface area (Å²) in [6, 6.07) is 12.1. The van der Waals surface area contributed by atoms with Gasteiger partial charge in [0.25, 0.3) is 0 Å². The standard InChI is InChI=1S/C12H8IN3/c13-9-4-1-3-8(7-9)11-15-10-5-2-6-14-12(10)16-11/h1-7H,(H,14,15,16). The highest BCUT2D eigenvalue weighted by Gasteiger charge is 2.05. The Balaban J connectivity index is 2.19. The number of hydrogen-bond acceptors (Lipinski definition) is 2. The summed E-state index contributed by atoms with van der Waals surface area (Å²) in [5, 5.41) is 0. The Bertz CT molecular complexity index is 612. The van der Waals surface area contributed by atoms with Gasteiger partial charge in [0.1, 0.15) is 5.82 Å². The van der Waals surface area contributed by atoms with Crippen molar-refractivity contribution in [2.75, 3.05) is 0 Å². The van der Waals surface area contributed by atoms with Gasteiger partial charge in [-0.15, -0.1) is 0 Å². The first-order valence-electron chi connectivity index (χ1n) is 4.89. The van der Waals surface area contributed by atoms with E-state index in [-0.39, 0.29) is 0 Å². The molecule has 2 heterocycles. The van der Waals surface area contributed by atoms with Gasteiger partial charge in [0.2, 0.25) is 0 Å². The van der Waals surface area contributed by atoms with Crippen molar-refractivity contribution in [2.24, 2.45) is 0 Å². The summed E-state index contributed by atoms with van der Waals surface area (Å²) >= 11 is 2.29. The van der Waals surface area contributed by atoms with Crippen LogP contribution in [-0.4, -0.2) is 15.0 Å². The van der Waals surface area contributed by atoms with Crippen molar-refractivity contribution < 1.29 is 0 Å². The minimum atomic E-state index is 0.761. The van der Waals surface area contributed by atoms with E-state index < -0.39 is 0 Å². The van der Waals surface area contributed by atoms with Crippen LogP contribution in [-0.2, 0) is 0 Å². The number of halogens is 1. The number of imidazole rings is 1. The zero-order valence-electron chi connectivity index (χ0n) is 8.31. The average molecular weight is 321 g/mol. The molecule has 0 bridgehead atoms. The van der Waals surface area contributed by atoms with Crippen LogP contribution in [0.5, 0.6) is 0 Å². The Labute approximate surface area is 106 Å². The zero-order chi connectivity index (χ0) is 11.0. The number of fused-ring (bicyclic) bond motifs is 1. The van der Waals surface area contributed by atoms with E-state index in [2.05, 4.69) is 49.7 Å². The first kappa shape index (κ1) is 9.77. The molecule has 0 atom stereocenters. The van der Waals surface area contributed by atoms with Crippen LogP contribution in [0.4, 0.5) is 0 Å². The Kier molecular flexibility index (Phi) is 2.36. The third-order valence-corrected chi connectivity index (χ3v) is 3.03. The van der Waals surface area contributed by atoms with Crippen molar-refractivity contribution in [3.63, 3.8) is 0 Å². The van der Waals surface area contributed by atoms with E-state index in [1.807, 2.05) is 24.3 Å². The van der Waals surface area contributed by atoms with Crippen LogP contribution >= 0.6 is 22.6 Å². The normalized spacial score (nSPS) is 10.8. The van der Waals surface area contributed by atoms with Gasteiger partial charge in [0.05, 0.1) is 5.52 Å². The van der Waals surface area contributed by atoms with E-state index in [1.54, 1.807) is 6.20 Å². The van der Waals surface area contributed by atoms with Crippen LogP contribution in [0, 0.1) is 3.57 Å². The molecule has 0 radical (unpaired) electrons. The largest absolute Gasteiger partial charge is 0.337 e. The van der Waals surface area contributed by atoms with Gasteiger partial charge in [-0.1, -0.05) is 12.1 Å².